The van der Waals surface area contributed by atoms with Crippen molar-refractivity contribution in [2.45, 2.75) is 74.8 Å². The van der Waals surface area contributed by atoms with Crippen LogP contribution in [0.2, 0.25) is 0 Å². The lowest BCUT2D eigenvalue weighted by molar-refractivity contribution is -0.166. The second-order valence-electron chi connectivity index (χ2n) is 15.0. The van der Waals surface area contributed by atoms with E-state index in [4.69, 9.17) is 4.98 Å². The number of thiazole rings is 1. The molecular weight excluding hydrogens is 615 g/mol. The number of hydrogen-bond acceptors (Lipinski definition) is 7. The standard InChI is InChI=1S/C38H39NO3S3/c1-34-14-11-24(40)20-36(34)17-18-38(25(21-36)32(41)29-19-23-7-3-5-9-27(23)44-29)30(34)12-15-35(2)31(38)13-16-37(35,42)22-43-33-39-26-8-4-6-10-28(26)45-33/h3-10,17-19,21,24,30-31,40,42H,11-16,20,22H2,1-2H3/t24?,30-,31-,34-,35+,36+,37-,38-/m1/s1. The quantitative estimate of drug-likeness (QED) is 0.128. The molecule has 2 aromatic carbocycles. The highest BCUT2D eigenvalue weighted by Gasteiger charge is 2.74. The van der Waals surface area contributed by atoms with Crippen LogP contribution in [0.5, 0.6) is 0 Å². The first-order valence-electron chi connectivity index (χ1n) is 16.5. The molecule has 10 rings (SSSR count). The number of thioether (sulfide) groups is 1. The molecule has 7 heteroatoms. The molecule has 4 aromatic rings. The van der Waals surface area contributed by atoms with Gasteiger partial charge in [-0.1, -0.05) is 74.2 Å². The van der Waals surface area contributed by atoms with Crippen LogP contribution < -0.4 is 0 Å². The zero-order valence-corrected chi connectivity index (χ0v) is 28.2. The molecule has 2 heterocycles. The van der Waals surface area contributed by atoms with E-state index in [1.165, 1.54) is 4.70 Å². The third-order valence-corrected chi connectivity index (χ3v) is 16.8. The topological polar surface area (TPSA) is 70.4 Å². The molecule has 0 saturated heterocycles. The van der Waals surface area contributed by atoms with E-state index in [0.717, 1.165) is 68.9 Å². The van der Waals surface area contributed by atoms with E-state index in [-0.39, 0.29) is 34.1 Å². The van der Waals surface area contributed by atoms with Crippen molar-refractivity contribution in [3.05, 3.63) is 83.3 Å². The molecule has 45 heavy (non-hydrogen) atoms. The van der Waals surface area contributed by atoms with Gasteiger partial charge in [0, 0.05) is 32.3 Å². The molecule has 3 saturated carbocycles. The predicted molar refractivity (Wildman–Crippen MR) is 185 cm³/mol. The van der Waals surface area contributed by atoms with E-state index in [1.54, 1.807) is 34.4 Å². The minimum atomic E-state index is -0.852. The van der Waals surface area contributed by atoms with E-state index in [9.17, 15) is 15.0 Å². The van der Waals surface area contributed by atoms with E-state index >= 15 is 0 Å². The van der Waals surface area contributed by atoms with Crippen molar-refractivity contribution in [2.24, 2.45) is 33.5 Å². The van der Waals surface area contributed by atoms with Gasteiger partial charge in [-0.3, -0.25) is 4.79 Å². The molecule has 6 aliphatic rings. The maximum Gasteiger partial charge on any atom is 0.199 e. The summed E-state index contributed by atoms with van der Waals surface area (Å²) in [5.41, 5.74) is 0.00255. The van der Waals surface area contributed by atoms with Crippen LogP contribution in [0.1, 0.15) is 68.5 Å². The molecule has 4 nitrogen and oxygen atoms in total. The Balaban J connectivity index is 1.14. The fourth-order valence-corrected chi connectivity index (χ4v) is 14.3. The summed E-state index contributed by atoms with van der Waals surface area (Å²) in [7, 11) is 0. The van der Waals surface area contributed by atoms with Gasteiger partial charge in [-0.25, -0.2) is 4.98 Å². The third kappa shape index (κ3) is 3.73. The van der Waals surface area contributed by atoms with Gasteiger partial charge in [0.2, 0.25) is 0 Å². The number of benzene rings is 2. The Bertz CT molecular complexity index is 1880. The minimum Gasteiger partial charge on any atom is -0.393 e. The van der Waals surface area contributed by atoms with Crippen LogP contribution in [-0.2, 0) is 0 Å². The number of hydrogen-bond donors (Lipinski definition) is 2. The van der Waals surface area contributed by atoms with Crippen molar-refractivity contribution in [1.82, 2.24) is 4.98 Å². The maximum absolute atomic E-state index is 14.9. The minimum absolute atomic E-state index is 0.0251. The Hall–Kier alpha value is -2.29. The van der Waals surface area contributed by atoms with Gasteiger partial charge in [0.25, 0.3) is 0 Å². The highest BCUT2D eigenvalue weighted by molar-refractivity contribution is 8.01. The zero-order valence-electron chi connectivity index (χ0n) is 25.8. The normalized spacial score (nSPS) is 39.9. The number of thiophene rings is 1. The van der Waals surface area contributed by atoms with Crippen LogP contribution in [0.4, 0.5) is 0 Å². The van der Waals surface area contributed by atoms with Crippen molar-refractivity contribution in [3.8, 4) is 0 Å². The number of aromatic nitrogens is 1. The van der Waals surface area contributed by atoms with Crippen LogP contribution in [0, 0.1) is 33.5 Å². The Morgan fingerprint density at radius 1 is 0.933 bits per heavy atom. The summed E-state index contributed by atoms with van der Waals surface area (Å²) >= 11 is 5.00. The molecule has 2 aromatic heterocycles. The third-order valence-electron chi connectivity index (χ3n) is 13.3. The Morgan fingerprint density at radius 3 is 2.49 bits per heavy atom. The number of aliphatic hydroxyl groups excluding tert-OH is 1. The number of allylic oxidation sites excluding steroid dienone is 4. The number of carbonyl (C=O) groups excluding carboxylic acids is 1. The molecule has 0 amide bonds. The van der Waals surface area contributed by atoms with E-state index in [1.807, 2.05) is 18.2 Å². The highest BCUT2D eigenvalue weighted by atomic mass is 32.2. The summed E-state index contributed by atoms with van der Waals surface area (Å²) in [6, 6.07) is 18.6. The first kappa shape index (κ1) is 28.9. The van der Waals surface area contributed by atoms with Gasteiger partial charge in [-0.15, -0.1) is 22.7 Å². The fourth-order valence-electron chi connectivity index (χ4n) is 10.9. The van der Waals surface area contributed by atoms with Crippen LogP contribution in [-0.4, -0.2) is 38.4 Å². The highest BCUT2D eigenvalue weighted by Crippen LogP contribution is 2.78. The van der Waals surface area contributed by atoms with E-state index in [0.29, 0.717) is 18.1 Å². The van der Waals surface area contributed by atoms with Crippen molar-refractivity contribution in [2.75, 3.05) is 5.75 Å². The summed E-state index contributed by atoms with van der Waals surface area (Å²) in [4.78, 5) is 20.6. The van der Waals surface area contributed by atoms with Gasteiger partial charge < -0.3 is 10.2 Å². The summed E-state index contributed by atoms with van der Waals surface area (Å²) in [5.74, 6) is 1.22. The molecule has 1 unspecified atom stereocenters. The molecular formula is C38H39NO3S3. The number of Topliss-reactive ketones (excluding diaryl/α,β-unsaturated/α-hetero) is 1. The van der Waals surface area contributed by atoms with Gasteiger partial charge in [-0.05, 0) is 91.8 Å². The molecule has 2 N–H and O–H groups in total. The van der Waals surface area contributed by atoms with Gasteiger partial charge in [-0.2, -0.15) is 0 Å². The van der Waals surface area contributed by atoms with Gasteiger partial charge in [0.05, 0.1) is 26.8 Å². The zero-order chi connectivity index (χ0) is 30.8. The Morgan fingerprint density at radius 2 is 1.67 bits per heavy atom. The number of para-hydroxylation sites is 1. The molecule has 3 fully saturated rings. The average molecular weight is 654 g/mol. The summed E-state index contributed by atoms with van der Waals surface area (Å²) in [5, 5.41) is 24.8. The van der Waals surface area contributed by atoms with E-state index in [2.05, 4.69) is 68.5 Å². The molecule has 0 aliphatic heterocycles. The number of aliphatic hydroxyl groups is 2. The SMILES string of the molecule is C[C@]12CC[C@H]3[C@]4(C=C[C@@]5(C=C4C(=O)c4cc6ccccc6s4)CC(O)CC[C@]35C)[C@@H]1CC[C@@]2(O)CSc1nc2ccccc2s1. The molecule has 6 aliphatic carbocycles. The van der Waals surface area contributed by atoms with Crippen LogP contribution in [0.3, 0.4) is 0 Å². The smallest absolute Gasteiger partial charge is 0.199 e. The second-order valence-corrected chi connectivity index (χ2v) is 18.4. The number of carbonyl (C=O) groups is 1. The molecule has 8 atom stereocenters. The molecule has 2 spiro atoms. The summed E-state index contributed by atoms with van der Waals surface area (Å²) in [6.45, 7) is 4.78. The van der Waals surface area contributed by atoms with Crippen molar-refractivity contribution >= 4 is 60.5 Å². The maximum atomic E-state index is 14.9. The summed E-state index contributed by atoms with van der Waals surface area (Å²) in [6.07, 6.45) is 12.8. The molecule has 0 radical (unpaired) electrons. The Labute approximate surface area is 276 Å². The summed E-state index contributed by atoms with van der Waals surface area (Å²) < 4.78 is 3.33. The average Bonchev–Trinajstić information content (AvgIpc) is 3.73. The monoisotopic (exact) mass is 653 g/mol. The first-order valence-corrected chi connectivity index (χ1v) is 19.1. The predicted octanol–water partition coefficient (Wildman–Crippen LogP) is 9.08. The van der Waals surface area contributed by atoms with Crippen molar-refractivity contribution < 1.29 is 15.0 Å². The van der Waals surface area contributed by atoms with Gasteiger partial charge in [0.15, 0.2) is 10.1 Å². The van der Waals surface area contributed by atoms with Gasteiger partial charge >= 0.3 is 0 Å². The number of fused-ring (bicyclic) bond motifs is 3. The van der Waals surface area contributed by atoms with Crippen LogP contribution >= 0.6 is 34.4 Å². The number of nitrogens with zero attached hydrogens (tertiary/aromatic N) is 1. The second kappa shape index (κ2) is 9.63. The lowest BCUT2D eigenvalue weighted by Crippen LogP contribution is -2.67. The first-order chi connectivity index (χ1) is 21.6. The Kier molecular flexibility index (Phi) is 6.19. The van der Waals surface area contributed by atoms with Crippen molar-refractivity contribution in [1.29, 1.82) is 0 Å². The molecule has 232 valence electrons. The van der Waals surface area contributed by atoms with Gasteiger partial charge in [0.1, 0.15) is 0 Å². The van der Waals surface area contributed by atoms with E-state index < -0.39 is 11.0 Å². The lowest BCUT2D eigenvalue weighted by Gasteiger charge is -2.71. The van der Waals surface area contributed by atoms with Crippen molar-refractivity contribution in [3.63, 3.8) is 0 Å². The molecule has 2 bridgehead atoms. The van der Waals surface area contributed by atoms with Crippen LogP contribution in [0.25, 0.3) is 20.3 Å². The number of ketones is 1. The fraction of sp³-hybridized carbons (Fsp3) is 0.474. The van der Waals surface area contributed by atoms with Crippen LogP contribution in [0.15, 0.2) is 82.7 Å². The lowest BCUT2D eigenvalue weighted by atomic mass is 9.33. The largest absolute Gasteiger partial charge is 0.393 e. The number of rotatable bonds is 5.